The zero-order valence-electron chi connectivity index (χ0n) is 10.8. The van der Waals surface area contributed by atoms with Gasteiger partial charge in [-0.2, -0.15) is 0 Å². The van der Waals surface area contributed by atoms with Crippen LogP contribution in [0.5, 0.6) is 0 Å². The summed E-state index contributed by atoms with van der Waals surface area (Å²) in [7, 11) is 0. The summed E-state index contributed by atoms with van der Waals surface area (Å²) in [5.74, 6) is 0.298. The summed E-state index contributed by atoms with van der Waals surface area (Å²) in [4.78, 5) is 14.2. The highest BCUT2D eigenvalue weighted by Crippen LogP contribution is 2.45. The Bertz CT molecular complexity index is 268. The number of amides is 1. The Morgan fingerprint density at radius 3 is 2.56 bits per heavy atom. The van der Waals surface area contributed by atoms with Gasteiger partial charge >= 0.3 is 0 Å². The van der Waals surface area contributed by atoms with Crippen LogP contribution in [0.1, 0.15) is 52.9 Å². The van der Waals surface area contributed by atoms with Gasteiger partial charge in [0, 0.05) is 6.54 Å². The van der Waals surface area contributed by atoms with Gasteiger partial charge in [0.1, 0.15) is 0 Å². The third kappa shape index (κ3) is 1.86. The monoisotopic (exact) mass is 224 g/mol. The molecular formula is C13H24N2O. The van der Waals surface area contributed by atoms with Crippen molar-refractivity contribution in [2.75, 3.05) is 6.54 Å². The van der Waals surface area contributed by atoms with E-state index >= 15 is 0 Å². The second-order valence-corrected chi connectivity index (χ2v) is 5.49. The van der Waals surface area contributed by atoms with E-state index in [9.17, 15) is 4.79 Å². The van der Waals surface area contributed by atoms with E-state index in [0.29, 0.717) is 11.3 Å². The van der Waals surface area contributed by atoms with Gasteiger partial charge < -0.3 is 4.90 Å². The first-order chi connectivity index (χ1) is 7.62. The van der Waals surface area contributed by atoms with E-state index in [1.54, 1.807) is 0 Å². The minimum Gasteiger partial charge on any atom is -0.325 e. The van der Waals surface area contributed by atoms with Crippen LogP contribution in [0.2, 0.25) is 0 Å². The SMILES string of the molecule is CCC1NC(C)C(=O)N1CC1(CC)CCC1. The Kier molecular flexibility index (Phi) is 3.24. The van der Waals surface area contributed by atoms with Crippen molar-refractivity contribution in [1.29, 1.82) is 0 Å². The second-order valence-electron chi connectivity index (χ2n) is 5.49. The zero-order chi connectivity index (χ0) is 11.8. The fraction of sp³-hybridized carbons (Fsp3) is 0.923. The quantitative estimate of drug-likeness (QED) is 0.793. The Morgan fingerprint density at radius 2 is 2.12 bits per heavy atom. The summed E-state index contributed by atoms with van der Waals surface area (Å²) in [6.07, 6.45) is 6.44. The minimum atomic E-state index is 0.0129. The van der Waals surface area contributed by atoms with Crippen LogP contribution >= 0.6 is 0 Å². The Labute approximate surface area is 98.6 Å². The average Bonchev–Trinajstić information content (AvgIpc) is 2.50. The molecule has 1 aliphatic carbocycles. The van der Waals surface area contributed by atoms with Gasteiger partial charge in [-0.15, -0.1) is 0 Å². The number of nitrogens with zero attached hydrogens (tertiary/aromatic N) is 1. The molecule has 2 atom stereocenters. The fourth-order valence-corrected chi connectivity index (χ4v) is 3.04. The maximum Gasteiger partial charge on any atom is 0.240 e. The molecule has 1 saturated heterocycles. The summed E-state index contributed by atoms with van der Waals surface area (Å²) in [5.41, 5.74) is 0.439. The lowest BCUT2D eigenvalue weighted by Gasteiger charge is -2.45. The molecule has 0 spiro atoms. The molecule has 1 aliphatic heterocycles. The summed E-state index contributed by atoms with van der Waals surface area (Å²) in [6.45, 7) is 7.36. The van der Waals surface area contributed by atoms with Crippen molar-refractivity contribution in [3.8, 4) is 0 Å². The molecule has 16 heavy (non-hydrogen) atoms. The van der Waals surface area contributed by atoms with Crippen LogP contribution in [-0.2, 0) is 4.79 Å². The molecule has 0 aromatic carbocycles. The van der Waals surface area contributed by atoms with Crippen LogP contribution in [0.4, 0.5) is 0 Å². The van der Waals surface area contributed by atoms with Crippen LogP contribution < -0.4 is 5.32 Å². The molecule has 2 aliphatic rings. The van der Waals surface area contributed by atoms with Gasteiger partial charge in [-0.25, -0.2) is 0 Å². The molecule has 92 valence electrons. The smallest absolute Gasteiger partial charge is 0.240 e. The molecule has 1 amide bonds. The minimum absolute atomic E-state index is 0.0129. The number of nitrogens with one attached hydrogen (secondary N) is 1. The molecule has 1 saturated carbocycles. The van der Waals surface area contributed by atoms with Gasteiger partial charge in [0.25, 0.3) is 0 Å². The average molecular weight is 224 g/mol. The molecule has 2 fully saturated rings. The summed E-state index contributed by atoms with van der Waals surface area (Å²) < 4.78 is 0. The molecule has 2 rings (SSSR count). The number of hydrogen-bond acceptors (Lipinski definition) is 2. The fourth-order valence-electron chi connectivity index (χ4n) is 3.04. The molecule has 0 radical (unpaired) electrons. The number of hydrogen-bond donors (Lipinski definition) is 1. The Morgan fingerprint density at radius 1 is 1.44 bits per heavy atom. The Balaban J connectivity index is 2.04. The van der Waals surface area contributed by atoms with Crippen LogP contribution in [-0.4, -0.2) is 29.6 Å². The van der Waals surface area contributed by atoms with E-state index in [-0.39, 0.29) is 12.2 Å². The lowest BCUT2D eigenvalue weighted by Crippen LogP contribution is -2.47. The van der Waals surface area contributed by atoms with Gasteiger partial charge in [0.2, 0.25) is 5.91 Å². The van der Waals surface area contributed by atoms with Crippen molar-refractivity contribution in [2.24, 2.45) is 5.41 Å². The van der Waals surface area contributed by atoms with Crippen LogP contribution in [0.3, 0.4) is 0 Å². The Hall–Kier alpha value is -0.570. The van der Waals surface area contributed by atoms with Crippen molar-refractivity contribution in [3.05, 3.63) is 0 Å². The predicted molar refractivity (Wildman–Crippen MR) is 65.0 cm³/mol. The third-order valence-corrected chi connectivity index (χ3v) is 4.53. The topological polar surface area (TPSA) is 32.3 Å². The molecule has 0 aromatic heterocycles. The maximum atomic E-state index is 12.1. The van der Waals surface area contributed by atoms with Gasteiger partial charge in [0.05, 0.1) is 12.2 Å². The first-order valence-corrected chi connectivity index (χ1v) is 6.68. The van der Waals surface area contributed by atoms with Crippen molar-refractivity contribution in [1.82, 2.24) is 10.2 Å². The van der Waals surface area contributed by atoms with Crippen molar-refractivity contribution >= 4 is 5.91 Å². The molecule has 1 heterocycles. The van der Waals surface area contributed by atoms with E-state index in [1.807, 2.05) is 6.92 Å². The van der Waals surface area contributed by atoms with Gasteiger partial charge in [-0.3, -0.25) is 10.1 Å². The maximum absolute atomic E-state index is 12.1. The van der Waals surface area contributed by atoms with Crippen molar-refractivity contribution < 1.29 is 4.79 Å². The number of carbonyl (C=O) groups is 1. The standard InChI is InChI=1S/C13H24N2O/c1-4-11-14-10(3)12(16)15(11)9-13(5-2)7-6-8-13/h10-11,14H,4-9H2,1-3H3. The van der Waals surface area contributed by atoms with Gasteiger partial charge in [-0.1, -0.05) is 20.3 Å². The normalized spacial score (nSPS) is 32.9. The largest absolute Gasteiger partial charge is 0.325 e. The molecule has 3 nitrogen and oxygen atoms in total. The highest BCUT2D eigenvalue weighted by Gasteiger charge is 2.43. The van der Waals surface area contributed by atoms with E-state index in [0.717, 1.165) is 13.0 Å². The molecule has 0 bridgehead atoms. The van der Waals surface area contributed by atoms with Gasteiger partial charge in [-0.05, 0) is 38.0 Å². The van der Waals surface area contributed by atoms with Gasteiger partial charge in [0.15, 0.2) is 0 Å². The van der Waals surface area contributed by atoms with Crippen molar-refractivity contribution in [3.63, 3.8) is 0 Å². The van der Waals surface area contributed by atoms with Crippen LogP contribution in [0.25, 0.3) is 0 Å². The van der Waals surface area contributed by atoms with E-state index in [1.165, 1.54) is 25.7 Å². The lowest BCUT2D eigenvalue weighted by atomic mass is 9.66. The summed E-state index contributed by atoms with van der Waals surface area (Å²) in [5, 5.41) is 3.37. The number of rotatable bonds is 4. The van der Waals surface area contributed by atoms with E-state index in [4.69, 9.17) is 0 Å². The molecular weight excluding hydrogens is 200 g/mol. The first-order valence-electron chi connectivity index (χ1n) is 6.68. The van der Waals surface area contributed by atoms with Crippen LogP contribution in [0, 0.1) is 5.41 Å². The molecule has 0 aromatic rings. The molecule has 2 unspecified atom stereocenters. The second kappa shape index (κ2) is 4.36. The summed E-state index contributed by atoms with van der Waals surface area (Å²) >= 11 is 0. The highest BCUT2D eigenvalue weighted by atomic mass is 16.2. The predicted octanol–water partition coefficient (Wildman–Crippen LogP) is 2.12. The lowest BCUT2D eigenvalue weighted by molar-refractivity contribution is -0.132. The molecule has 1 N–H and O–H groups in total. The van der Waals surface area contributed by atoms with E-state index in [2.05, 4.69) is 24.1 Å². The third-order valence-electron chi connectivity index (χ3n) is 4.53. The summed E-state index contributed by atoms with van der Waals surface area (Å²) in [6, 6.07) is 0.0129. The molecule has 3 heteroatoms. The van der Waals surface area contributed by atoms with Crippen LogP contribution in [0.15, 0.2) is 0 Å². The first kappa shape index (κ1) is 11.9. The number of carbonyl (C=O) groups excluding carboxylic acids is 1. The van der Waals surface area contributed by atoms with E-state index < -0.39 is 0 Å². The van der Waals surface area contributed by atoms with Crippen molar-refractivity contribution in [2.45, 2.75) is 65.1 Å². The zero-order valence-corrected chi connectivity index (χ0v) is 10.8. The highest BCUT2D eigenvalue weighted by molar-refractivity contribution is 5.83.